The highest BCUT2D eigenvalue weighted by atomic mass is 32.2. The number of carbonyl (C=O) groups is 2. The lowest BCUT2D eigenvalue weighted by atomic mass is 9.77. The molecule has 2 saturated heterocycles. The maximum absolute atomic E-state index is 14.0. The monoisotopic (exact) mass is 660 g/mol. The molecule has 1 unspecified atom stereocenters. The average Bonchev–Trinajstić information content (AvgIpc) is 3.07. The molecule has 1 aliphatic carbocycles. The van der Waals surface area contributed by atoms with Crippen molar-refractivity contribution in [3.63, 3.8) is 0 Å². The molecule has 1 atom stereocenters. The van der Waals surface area contributed by atoms with E-state index in [1.165, 1.54) is 0 Å². The lowest BCUT2D eigenvalue weighted by Gasteiger charge is -2.37. The number of carbonyl (C=O) groups excluding carboxylic acids is 2. The van der Waals surface area contributed by atoms with Gasteiger partial charge in [-0.25, -0.2) is 13.4 Å². The number of rotatable bonds is 9. The summed E-state index contributed by atoms with van der Waals surface area (Å²) in [5.74, 6) is 0.232. The van der Waals surface area contributed by atoms with E-state index in [2.05, 4.69) is 57.4 Å². The molecule has 6 rings (SSSR count). The SMILES string of the molecule is CCN(c1cc(-c2ccc(CN3CCS(=O)(=O)CC3)cc2)cc(C(=O)NCC2=C3CCCCC3C(C)=NC2=O)c1C)C1CCOCC1. The van der Waals surface area contributed by atoms with Crippen molar-refractivity contribution in [1.82, 2.24) is 10.2 Å². The Balaban J connectivity index is 1.28. The molecule has 0 radical (unpaired) electrons. The van der Waals surface area contributed by atoms with Gasteiger partial charge in [0.15, 0.2) is 9.84 Å². The molecule has 0 bridgehead atoms. The standard InChI is InChI=1S/C37H48N4O5S/c1-4-41(30-13-17-46-18-14-30)35-22-29(28-11-9-27(10-12-28)24-40-15-19-47(44,45)20-16-40)21-33(25(35)2)36(42)38-23-34-32-8-6-5-7-31(32)26(3)39-37(34)43/h9-12,21-22,30-31H,4-8,13-20,23-24H2,1-3H3,(H,38,42). The quantitative estimate of drug-likeness (QED) is 0.398. The first kappa shape index (κ1) is 33.6. The Kier molecular flexibility index (Phi) is 10.3. The van der Waals surface area contributed by atoms with Crippen molar-refractivity contribution in [3.05, 3.63) is 64.2 Å². The van der Waals surface area contributed by atoms with E-state index in [0.717, 1.165) is 97.5 Å². The molecule has 2 amide bonds. The largest absolute Gasteiger partial charge is 0.381 e. The molecule has 2 aromatic carbocycles. The highest BCUT2D eigenvalue weighted by molar-refractivity contribution is 7.91. The van der Waals surface area contributed by atoms with Gasteiger partial charge in [-0.1, -0.05) is 36.3 Å². The number of nitrogens with one attached hydrogen (secondary N) is 1. The summed E-state index contributed by atoms with van der Waals surface area (Å²) in [5, 5.41) is 3.12. The zero-order valence-electron chi connectivity index (χ0n) is 28.0. The van der Waals surface area contributed by atoms with Crippen LogP contribution in [0, 0.1) is 12.8 Å². The van der Waals surface area contributed by atoms with E-state index >= 15 is 0 Å². The third kappa shape index (κ3) is 7.55. The first-order valence-corrected chi connectivity index (χ1v) is 19.1. The number of anilines is 1. The smallest absolute Gasteiger partial charge is 0.274 e. The molecular weight excluding hydrogens is 612 g/mol. The number of ether oxygens (including phenoxy) is 1. The van der Waals surface area contributed by atoms with Gasteiger partial charge in [-0.05, 0) is 87.3 Å². The molecule has 9 nitrogen and oxygen atoms in total. The zero-order chi connectivity index (χ0) is 33.1. The zero-order valence-corrected chi connectivity index (χ0v) is 28.8. The van der Waals surface area contributed by atoms with Crippen molar-refractivity contribution in [2.24, 2.45) is 10.9 Å². The van der Waals surface area contributed by atoms with Crippen LogP contribution in [0.3, 0.4) is 0 Å². The minimum Gasteiger partial charge on any atom is -0.381 e. The number of hydrogen-bond acceptors (Lipinski definition) is 7. The van der Waals surface area contributed by atoms with Crippen LogP contribution in [-0.4, -0.2) is 87.8 Å². The van der Waals surface area contributed by atoms with E-state index < -0.39 is 9.84 Å². The van der Waals surface area contributed by atoms with Gasteiger partial charge in [0.05, 0.1) is 11.5 Å². The fourth-order valence-electron chi connectivity index (χ4n) is 7.72. The Hall–Kier alpha value is -3.34. The van der Waals surface area contributed by atoms with Crippen molar-refractivity contribution in [2.45, 2.75) is 71.9 Å². The molecule has 1 N–H and O–H groups in total. The third-order valence-electron chi connectivity index (χ3n) is 10.5. The summed E-state index contributed by atoms with van der Waals surface area (Å²) >= 11 is 0. The summed E-state index contributed by atoms with van der Waals surface area (Å²) in [6.45, 7) is 10.4. The summed E-state index contributed by atoms with van der Waals surface area (Å²) in [6, 6.07) is 12.9. The molecule has 2 aromatic rings. The van der Waals surface area contributed by atoms with Crippen LogP contribution in [0.5, 0.6) is 0 Å². The second-order valence-corrected chi connectivity index (χ2v) is 15.8. The third-order valence-corrected chi connectivity index (χ3v) is 12.1. The molecule has 0 aromatic heterocycles. The second kappa shape index (κ2) is 14.4. The number of fused-ring (bicyclic) bond motifs is 1. The second-order valence-electron chi connectivity index (χ2n) is 13.5. The predicted octanol–water partition coefficient (Wildman–Crippen LogP) is 5.12. The highest BCUT2D eigenvalue weighted by Gasteiger charge is 2.32. The molecule has 252 valence electrons. The van der Waals surface area contributed by atoms with Crippen LogP contribution in [0.4, 0.5) is 5.69 Å². The topological polar surface area (TPSA) is 108 Å². The van der Waals surface area contributed by atoms with Gasteiger partial charge in [-0.3, -0.25) is 14.5 Å². The van der Waals surface area contributed by atoms with Crippen LogP contribution >= 0.6 is 0 Å². The lowest BCUT2D eigenvalue weighted by Crippen LogP contribution is -2.40. The molecule has 0 spiro atoms. The Bertz CT molecular complexity index is 1660. The van der Waals surface area contributed by atoms with Crippen LogP contribution in [0.15, 0.2) is 52.5 Å². The van der Waals surface area contributed by atoms with Gasteiger partial charge in [0.2, 0.25) is 0 Å². The maximum Gasteiger partial charge on any atom is 0.274 e. The first-order chi connectivity index (χ1) is 22.6. The van der Waals surface area contributed by atoms with Crippen molar-refractivity contribution in [1.29, 1.82) is 0 Å². The van der Waals surface area contributed by atoms with Crippen LogP contribution in [0.2, 0.25) is 0 Å². The number of amides is 2. The van der Waals surface area contributed by atoms with E-state index in [-0.39, 0.29) is 35.8 Å². The number of allylic oxidation sites excluding steroid dienone is 1. The van der Waals surface area contributed by atoms with Crippen LogP contribution in [0.1, 0.15) is 73.9 Å². The number of nitrogens with zero attached hydrogens (tertiary/aromatic N) is 3. The first-order valence-electron chi connectivity index (χ1n) is 17.2. The van der Waals surface area contributed by atoms with Crippen molar-refractivity contribution in [3.8, 4) is 11.1 Å². The highest BCUT2D eigenvalue weighted by Crippen LogP contribution is 2.37. The van der Waals surface area contributed by atoms with Gasteiger partial charge in [0, 0.05) is 80.4 Å². The van der Waals surface area contributed by atoms with Crippen LogP contribution < -0.4 is 10.2 Å². The van der Waals surface area contributed by atoms with E-state index in [9.17, 15) is 18.0 Å². The van der Waals surface area contributed by atoms with Gasteiger partial charge in [-0.15, -0.1) is 0 Å². The summed E-state index contributed by atoms with van der Waals surface area (Å²) in [4.78, 5) is 36.0. The summed E-state index contributed by atoms with van der Waals surface area (Å²) in [7, 11) is -2.92. The number of hydrogen-bond donors (Lipinski definition) is 1. The van der Waals surface area contributed by atoms with E-state index in [4.69, 9.17) is 4.74 Å². The number of dihydropyridines is 1. The van der Waals surface area contributed by atoms with Crippen molar-refractivity contribution in [2.75, 3.05) is 55.8 Å². The van der Waals surface area contributed by atoms with Gasteiger partial charge in [0.1, 0.15) is 0 Å². The van der Waals surface area contributed by atoms with Gasteiger partial charge in [-0.2, -0.15) is 0 Å². The molecule has 3 aliphatic heterocycles. The summed E-state index contributed by atoms with van der Waals surface area (Å²) in [5.41, 5.74) is 8.38. The number of benzene rings is 2. The van der Waals surface area contributed by atoms with E-state index in [0.29, 0.717) is 36.8 Å². The molecule has 1 saturated carbocycles. The number of sulfone groups is 1. The average molecular weight is 661 g/mol. The summed E-state index contributed by atoms with van der Waals surface area (Å²) < 4.78 is 29.4. The maximum atomic E-state index is 14.0. The molecule has 3 fully saturated rings. The predicted molar refractivity (Wildman–Crippen MR) is 187 cm³/mol. The normalized spacial score (nSPS) is 22.1. The minimum absolute atomic E-state index is 0.184. The molecular formula is C37H48N4O5S. The number of aliphatic imine (C=N–C) groups is 1. The molecule has 47 heavy (non-hydrogen) atoms. The lowest BCUT2D eigenvalue weighted by molar-refractivity contribution is -0.114. The van der Waals surface area contributed by atoms with Gasteiger partial charge in [0.25, 0.3) is 11.8 Å². The van der Waals surface area contributed by atoms with Gasteiger partial charge >= 0.3 is 0 Å². The van der Waals surface area contributed by atoms with E-state index in [1.54, 1.807) is 0 Å². The van der Waals surface area contributed by atoms with Crippen molar-refractivity contribution >= 4 is 33.1 Å². The van der Waals surface area contributed by atoms with Gasteiger partial charge < -0.3 is 15.0 Å². The Morgan fingerprint density at radius 2 is 1.74 bits per heavy atom. The molecule has 3 heterocycles. The van der Waals surface area contributed by atoms with E-state index in [1.807, 2.05) is 19.9 Å². The Morgan fingerprint density at radius 1 is 1.02 bits per heavy atom. The Labute approximate surface area is 279 Å². The molecule has 10 heteroatoms. The fraction of sp³-hybridized carbons (Fsp3) is 0.541. The van der Waals surface area contributed by atoms with Crippen molar-refractivity contribution < 1.29 is 22.7 Å². The Morgan fingerprint density at radius 3 is 2.45 bits per heavy atom. The minimum atomic E-state index is -2.92. The van der Waals surface area contributed by atoms with Crippen LogP contribution in [-0.2, 0) is 25.9 Å². The van der Waals surface area contributed by atoms with Crippen LogP contribution in [0.25, 0.3) is 11.1 Å². The molecule has 4 aliphatic rings. The summed E-state index contributed by atoms with van der Waals surface area (Å²) in [6.07, 6.45) is 5.96. The fourth-order valence-corrected chi connectivity index (χ4v) is 9.00.